The summed E-state index contributed by atoms with van der Waals surface area (Å²) in [6, 6.07) is 1.96. The van der Waals surface area contributed by atoms with E-state index >= 15 is 0 Å². The Balaban J connectivity index is 2.04. The van der Waals surface area contributed by atoms with Crippen LogP contribution < -0.4 is 16.8 Å². The molecule has 0 saturated heterocycles. The fourth-order valence-electron chi connectivity index (χ4n) is 1.92. The number of pyridine rings is 1. The van der Waals surface area contributed by atoms with Crippen LogP contribution >= 0.6 is 0 Å². The number of nitrogens with one attached hydrogen (secondary N) is 1. The Morgan fingerprint density at radius 2 is 2.35 bits per heavy atom. The van der Waals surface area contributed by atoms with E-state index in [1.54, 1.807) is 6.07 Å². The van der Waals surface area contributed by atoms with E-state index in [-0.39, 0.29) is 0 Å². The Morgan fingerprint density at radius 1 is 1.65 bits per heavy atom. The van der Waals surface area contributed by atoms with Gasteiger partial charge in [-0.2, -0.15) is 0 Å². The lowest BCUT2D eigenvalue weighted by atomic mass is 10.1. The fourth-order valence-corrected chi connectivity index (χ4v) is 1.92. The van der Waals surface area contributed by atoms with E-state index in [9.17, 15) is 4.79 Å². The summed E-state index contributed by atoms with van der Waals surface area (Å²) >= 11 is 0. The van der Waals surface area contributed by atoms with E-state index in [0.717, 1.165) is 12.3 Å². The van der Waals surface area contributed by atoms with Gasteiger partial charge in [-0.15, -0.1) is 0 Å². The number of carbonyl (C=O) groups excluding carboxylic acids is 1. The molecule has 1 saturated carbocycles. The molecule has 1 atom stereocenters. The predicted molar refractivity (Wildman–Crippen MR) is 67.6 cm³/mol. The normalized spacial score (nSPS) is 16.5. The van der Waals surface area contributed by atoms with Crippen molar-refractivity contribution in [3.63, 3.8) is 0 Å². The summed E-state index contributed by atoms with van der Waals surface area (Å²) in [6.07, 6.45) is 5.26. The van der Waals surface area contributed by atoms with E-state index < -0.39 is 5.91 Å². The summed E-state index contributed by atoms with van der Waals surface area (Å²) in [7, 11) is 0. The third-order valence-electron chi connectivity index (χ3n) is 2.98. The van der Waals surface area contributed by atoms with Gasteiger partial charge < -0.3 is 16.8 Å². The SMILES string of the molecule is CC(CC1CC1)Nc1cc(C(N)=O)c(N)cn1. The van der Waals surface area contributed by atoms with Crippen LogP contribution in [0.15, 0.2) is 12.3 Å². The molecule has 0 aliphatic heterocycles. The summed E-state index contributed by atoms with van der Waals surface area (Å²) in [5.74, 6) is 0.978. The third-order valence-corrected chi connectivity index (χ3v) is 2.98. The van der Waals surface area contributed by atoms with Gasteiger partial charge in [0.15, 0.2) is 0 Å². The highest BCUT2D eigenvalue weighted by Gasteiger charge is 2.23. The quantitative estimate of drug-likeness (QED) is 0.717. The largest absolute Gasteiger partial charge is 0.397 e. The smallest absolute Gasteiger partial charge is 0.250 e. The first-order valence-corrected chi connectivity index (χ1v) is 5.88. The van der Waals surface area contributed by atoms with Gasteiger partial charge in [0.1, 0.15) is 5.82 Å². The van der Waals surface area contributed by atoms with Gasteiger partial charge in [0.2, 0.25) is 0 Å². The molecule has 5 heteroatoms. The second kappa shape index (κ2) is 4.61. The number of nitrogen functional groups attached to an aromatic ring is 1. The average Bonchev–Trinajstić information content (AvgIpc) is 3.04. The van der Waals surface area contributed by atoms with E-state index in [1.165, 1.54) is 19.0 Å². The molecule has 1 aromatic heterocycles. The molecule has 17 heavy (non-hydrogen) atoms. The first-order chi connectivity index (χ1) is 8.06. The van der Waals surface area contributed by atoms with Gasteiger partial charge in [-0.05, 0) is 25.3 Å². The van der Waals surface area contributed by atoms with E-state index in [4.69, 9.17) is 11.5 Å². The van der Waals surface area contributed by atoms with Crippen LogP contribution in [0.5, 0.6) is 0 Å². The number of hydrogen-bond donors (Lipinski definition) is 3. The van der Waals surface area contributed by atoms with E-state index in [1.807, 2.05) is 0 Å². The monoisotopic (exact) mass is 234 g/mol. The molecule has 92 valence electrons. The van der Waals surface area contributed by atoms with Crippen molar-refractivity contribution in [2.24, 2.45) is 11.7 Å². The number of hydrogen-bond acceptors (Lipinski definition) is 4. The zero-order chi connectivity index (χ0) is 12.4. The minimum atomic E-state index is -0.525. The number of aromatic nitrogens is 1. The molecule has 1 aliphatic rings. The summed E-state index contributed by atoms with van der Waals surface area (Å²) in [4.78, 5) is 15.3. The molecule has 0 radical (unpaired) electrons. The van der Waals surface area contributed by atoms with Crippen LogP contribution in [0.3, 0.4) is 0 Å². The standard InChI is InChI=1S/C12H18N4O/c1-7(4-8-2-3-8)16-11-5-9(12(14)17)10(13)6-15-11/h5-8H,2-4,13H2,1H3,(H2,14,17)(H,15,16). The molecular weight excluding hydrogens is 216 g/mol. The number of primary amides is 1. The van der Waals surface area contributed by atoms with E-state index in [0.29, 0.717) is 23.1 Å². The maximum atomic E-state index is 11.1. The fraction of sp³-hybridized carbons (Fsp3) is 0.500. The van der Waals surface area contributed by atoms with Crippen molar-refractivity contribution in [1.29, 1.82) is 0 Å². The predicted octanol–water partition coefficient (Wildman–Crippen LogP) is 1.36. The number of anilines is 2. The molecular formula is C12H18N4O. The van der Waals surface area contributed by atoms with Crippen molar-refractivity contribution in [2.45, 2.75) is 32.2 Å². The highest BCUT2D eigenvalue weighted by molar-refractivity contribution is 5.98. The number of carbonyl (C=O) groups is 1. The summed E-state index contributed by atoms with van der Waals surface area (Å²) in [5.41, 5.74) is 11.5. The summed E-state index contributed by atoms with van der Waals surface area (Å²) < 4.78 is 0. The van der Waals surface area contributed by atoms with Gasteiger partial charge in [-0.25, -0.2) is 4.98 Å². The molecule has 0 bridgehead atoms. The van der Waals surface area contributed by atoms with Gasteiger partial charge >= 0.3 is 0 Å². The zero-order valence-electron chi connectivity index (χ0n) is 9.94. The summed E-state index contributed by atoms with van der Waals surface area (Å²) in [6.45, 7) is 2.11. The number of rotatable bonds is 5. The van der Waals surface area contributed by atoms with Gasteiger partial charge in [-0.1, -0.05) is 12.8 Å². The molecule has 5 nitrogen and oxygen atoms in total. The van der Waals surface area contributed by atoms with Crippen molar-refractivity contribution in [3.8, 4) is 0 Å². The van der Waals surface area contributed by atoms with Crippen LogP contribution in [-0.2, 0) is 0 Å². The second-order valence-electron chi connectivity index (χ2n) is 4.75. The van der Waals surface area contributed by atoms with Crippen LogP contribution in [0.25, 0.3) is 0 Å². The lowest BCUT2D eigenvalue weighted by molar-refractivity contribution is 0.100. The Kier molecular flexibility index (Phi) is 3.17. The van der Waals surface area contributed by atoms with Crippen molar-refractivity contribution < 1.29 is 4.79 Å². The average molecular weight is 234 g/mol. The first kappa shape index (κ1) is 11.7. The number of nitrogens with zero attached hydrogens (tertiary/aromatic N) is 1. The molecule has 2 rings (SSSR count). The van der Waals surface area contributed by atoms with Crippen LogP contribution in [-0.4, -0.2) is 16.9 Å². The van der Waals surface area contributed by atoms with Gasteiger partial charge in [0.25, 0.3) is 5.91 Å². The van der Waals surface area contributed by atoms with Crippen LogP contribution in [0.1, 0.15) is 36.5 Å². The molecule has 1 fully saturated rings. The Hall–Kier alpha value is -1.78. The summed E-state index contributed by atoms with van der Waals surface area (Å²) in [5, 5.41) is 3.26. The van der Waals surface area contributed by atoms with Crippen molar-refractivity contribution in [3.05, 3.63) is 17.8 Å². The topological polar surface area (TPSA) is 94.0 Å². The lowest BCUT2D eigenvalue weighted by Gasteiger charge is -2.14. The van der Waals surface area contributed by atoms with Gasteiger partial charge in [-0.3, -0.25) is 4.79 Å². The number of nitrogens with two attached hydrogens (primary N) is 2. The van der Waals surface area contributed by atoms with E-state index in [2.05, 4.69) is 17.2 Å². The molecule has 5 N–H and O–H groups in total. The molecule has 1 aromatic rings. The zero-order valence-corrected chi connectivity index (χ0v) is 9.94. The minimum absolute atomic E-state index is 0.317. The van der Waals surface area contributed by atoms with Gasteiger partial charge in [0.05, 0.1) is 17.4 Å². The van der Waals surface area contributed by atoms with Crippen molar-refractivity contribution in [2.75, 3.05) is 11.1 Å². The lowest BCUT2D eigenvalue weighted by Crippen LogP contribution is -2.19. The van der Waals surface area contributed by atoms with Crippen LogP contribution in [0.4, 0.5) is 11.5 Å². The maximum absolute atomic E-state index is 11.1. The molecule has 0 spiro atoms. The Labute approximate surface area is 101 Å². The van der Waals surface area contributed by atoms with Gasteiger partial charge in [0, 0.05) is 6.04 Å². The number of amides is 1. The first-order valence-electron chi connectivity index (χ1n) is 5.88. The molecule has 1 aliphatic carbocycles. The molecule has 0 aromatic carbocycles. The second-order valence-corrected chi connectivity index (χ2v) is 4.75. The van der Waals surface area contributed by atoms with Crippen molar-refractivity contribution >= 4 is 17.4 Å². The molecule has 1 amide bonds. The third kappa shape index (κ3) is 3.09. The van der Waals surface area contributed by atoms with Crippen LogP contribution in [0, 0.1) is 5.92 Å². The molecule has 1 unspecified atom stereocenters. The highest BCUT2D eigenvalue weighted by Crippen LogP contribution is 2.34. The minimum Gasteiger partial charge on any atom is -0.397 e. The molecule has 1 heterocycles. The maximum Gasteiger partial charge on any atom is 0.250 e. The van der Waals surface area contributed by atoms with Crippen LogP contribution in [0.2, 0.25) is 0 Å². The highest BCUT2D eigenvalue weighted by atomic mass is 16.1. The Morgan fingerprint density at radius 3 is 2.94 bits per heavy atom. The van der Waals surface area contributed by atoms with Crippen molar-refractivity contribution in [1.82, 2.24) is 4.98 Å². The Bertz CT molecular complexity index is 429.